The summed E-state index contributed by atoms with van der Waals surface area (Å²) in [5.74, 6) is 0. The predicted octanol–water partition coefficient (Wildman–Crippen LogP) is 7.75. The summed E-state index contributed by atoms with van der Waals surface area (Å²) in [5, 5.41) is 0. The van der Waals surface area contributed by atoms with E-state index in [9.17, 15) is 13.2 Å². The van der Waals surface area contributed by atoms with Crippen LogP contribution in [-0.4, -0.2) is 0 Å². The lowest BCUT2D eigenvalue weighted by Gasteiger charge is -2.15. The van der Waals surface area contributed by atoms with Gasteiger partial charge in [-0.3, -0.25) is 0 Å². The van der Waals surface area contributed by atoms with Gasteiger partial charge in [0, 0.05) is 11.1 Å². The van der Waals surface area contributed by atoms with Gasteiger partial charge in [-0.05, 0) is 82.9 Å². The van der Waals surface area contributed by atoms with Crippen molar-refractivity contribution >= 4 is 0 Å². The van der Waals surface area contributed by atoms with Gasteiger partial charge in [0.05, 0.1) is 5.56 Å². The average Bonchev–Trinajstić information content (AvgIpc) is 3.49. The molecule has 0 spiro atoms. The molecule has 1 saturated carbocycles. The van der Waals surface area contributed by atoms with E-state index in [2.05, 4.69) is 39.0 Å². The molecule has 1 fully saturated rings. The maximum atomic E-state index is 13.1. The van der Waals surface area contributed by atoms with E-state index in [4.69, 9.17) is 5.73 Å². The van der Waals surface area contributed by atoms with Gasteiger partial charge in [-0.15, -0.1) is 0 Å². The second-order valence-electron chi connectivity index (χ2n) is 8.87. The highest BCUT2D eigenvalue weighted by molar-refractivity contribution is 5.47. The van der Waals surface area contributed by atoms with E-state index in [1.165, 1.54) is 28.9 Å². The highest BCUT2D eigenvalue weighted by Gasteiger charge is 2.43. The molecule has 0 amide bonds. The van der Waals surface area contributed by atoms with Crippen LogP contribution in [-0.2, 0) is 11.6 Å². The van der Waals surface area contributed by atoms with E-state index in [0.717, 1.165) is 67.8 Å². The summed E-state index contributed by atoms with van der Waals surface area (Å²) in [6, 6.07) is 5.75. The highest BCUT2D eigenvalue weighted by atomic mass is 19.4. The van der Waals surface area contributed by atoms with Gasteiger partial charge in [0.1, 0.15) is 0 Å². The largest absolute Gasteiger partial charge is 0.416 e. The Morgan fingerprint density at radius 2 is 1.63 bits per heavy atom. The van der Waals surface area contributed by atoms with Crippen LogP contribution >= 0.6 is 0 Å². The summed E-state index contributed by atoms with van der Waals surface area (Å²) in [4.78, 5) is 0. The summed E-state index contributed by atoms with van der Waals surface area (Å²) in [7, 11) is 0. The molecule has 4 heteroatoms. The highest BCUT2D eigenvalue weighted by Crippen LogP contribution is 2.50. The molecule has 3 rings (SSSR count). The van der Waals surface area contributed by atoms with E-state index in [1.807, 2.05) is 0 Å². The molecular formula is C26H32F3N. The molecule has 0 bridgehead atoms. The van der Waals surface area contributed by atoms with Crippen molar-refractivity contribution in [2.45, 2.75) is 77.3 Å². The molecule has 0 aliphatic heterocycles. The topological polar surface area (TPSA) is 26.0 Å². The van der Waals surface area contributed by atoms with Crippen molar-refractivity contribution < 1.29 is 13.2 Å². The normalized spacial score (nSPS) is 27.5. The number of rotatable bonds is 3. The molecular weight excluding hydrogens is 383 g/mol. The smallest absolute Gasteiger partial charge is 0.399 e. The molecule has 0 heterocycles. The van der Waals surface area contributed by atoms with Crippen LogP contribution in [0.15, 0.2) is 70.5 Å². The van der Waals surface area contributed by atoms with Crippen LogP contribution in [0.25, 0.3) is 0 Å². The Morgan fingerprint density at radius 1 is 0.967 bits per heavy atom. The van der Waals surface area contributed by atoms with E-state index < -0.39 is 11.7 Å². The van der Waals surface area contributed by atoms with E-state index >= 15 is 0 Å². The van der Waals surface area contributed by atoms with Gasteiger partial charge >= 0.3 is 6.18 Å². The van der Waals surface area contributed by atoms with Crippen LogP contribution in [0.1, 0.15) is 76.8 Å². The molecule has 1 aromatic rings. The maximum Gasteiger partial charge on any atom is 0.416 e. The maximum absolute atomic E-state index is 13.1. The standard InChI is InChI=1S/C26H32F3N/c1-18-7-4-5-10-24(30)23(20(3)12-11-19(18)2)13-14-25(15-16-25)21-8-6-9-22(17-21)26(27,28)29/h6,8-10,13-14,17H,4-5,7,11-12,15-16,30H2,1-3H3/b14-13+,19-18+,23-20-,24-10+. The Balaban J connectivity index is 1.90. The molecule has 0 saturated heterocycles. The number of nitrogens with two attached hydrogens (primary N) is 1. The van der Waals surface area contributed by atoms with Crippen LogP contribution in [0.3, 0.4) is 0 Å². The van der Waals surface area contributed by atoms with E-state index in [-0.39, 0.29) is 5.41 Å². The van der Waals surface area contributed by atoms with Gasteiger partial charge in [-0.1, -0.05) is 53.1 Å². The number of halogens is 3. The van der Waals surface area contributed by atoms with Crippen molar-refractivity contribution in [2.75, 3.05) is 0 Å². The first-order valence-electron chi connectivity index (χ1n) is 10.8. The molecule has 1 nitrogen and oxygen atoms in total. The second-order valence-corrected chi connectivity index (χ2v) is 8.87. The zero-order chi connectivity index (χ0) is 21.9. The zero-order valence-corrected chi connectivity index (χ0v) is 18.2. The SMILES string of the molecule is C/C1=C(\C=C\C2(c3cccc(C(F)(F)F)c3)CC2)C(/N)=C\CCC/C(C)=C(\C)CC1. The first-order chi connectivity index (χ1) is 14.1. The van der Waals surface area contributed by atoms with Crippen LogP contribution in [0.4, 0.5) is 13.2 Å². The summed E-state index contributed by atoms with van der Waals surface area (Å²) < 4.78 is 39.4. The Labute approximate surface area is 178 Å². The molecule has 30 heavy (non-hydrogen) atoms. The summed E-state index contributed by atoms with van der Waals surface area (Å²) in [6.07, 6.45) is 8.69. The molecule has 0 atom stereocenters. The minimum absolute atomic E-state index is 0.312. The Kier molecular flexibility index (Phi) is 6.64. The Bertz CT molecular complexity index is 908. The average molecular weight is 416 g/mol. The molecule has 0 unspecified atom stereocenters. The Morgan fingerprint density at radius 3 is 2.30 bits per heavy atom. The number of alkyl halides is 3. The van der Waals surface area contributed by atoms with E-state index in [0.29, 0.717) is 0 Å². The second kappa shape index (κ2) is 8.87. The van der Waals surface area contributed by atoms with Crippen molar-refractivity contribution in [3.63, 3.8) is 0 Å². The van der Waals surface area contributed by atoms with E-state index in [1.54, 1.807) is 6.07 Å². The first-order valence-corrected chi connectivity index (χ1v) is 10.8. The molecule has 0 aromatic heterocycles. The number of hydrogen-bond donors (Lipinski definition) is 1. The third-order valence-corrected chi connectivity index (χ3v) is 6.62. The van der Waals surface area contributed by atoms with Gasteiger partial charge < -0.3 is 5.73 Å². The minimum atomic E-state index is -4.32. The zero-order valence-electron chi connectivity index (χ0n) is 18.2. The van der Waals surface area contributed by atoms with Gasteiger partial charge in [0.2, 0.25) is 0 Å². The number of benzene rings is 1. The van der Waals surface area contributed by atoms with Crippen molar-refractivity contribution in [2.24, 2.45) is 5.73 Å². The molecule has 2 N–H and O–H groups in total. The van der Waals surface area contributed by atoms with Crippen molar-refractivity contribution in [3.8, 4) is 0 Å². The third kappa shape index (κ3) is 5.27. The quantitative estimate of drug-likeness (QED) is 0.502. The third-order valence-electron chi connectivity index (χ3n) is 6.62. The van der Waals surface area contributed by atoms with Crippen LogP contribution in [0.5, 0.6) is 0 Å². The van der Waals surface area contributed by atoms with Gasteiger partial charge in [0.15, 0.2) is 0 Å². The van der Waals surface area contributed by atoms with Crippen molar-refractivity contribution in [3.05, 3.63) is 81.6 Å². The molecule has 1 aromatic carbocycles. The van der Waals surface area contributed by atoms with Crippen LogP contribution < -0.4 is 5.73 Å². The summed E-state index contributed by atoms with van der Waals surface area (Å²) in [6.45, 7) is 6.54. The predicted molar refractivity (Wildman–Crippen MR) is 118 cm³/mol. The lowest BCUT2D eigenvalue weighted by molar-refractivity contribution is -0.137. The van der Waals surface area contributed by atoms with Crippen LogP contribution in [0, 0.1) is 0 Å². The fourth-order valence-electron chi connectivity index (χ4n) is 4.09. The molecule has 0 radical (unpaired) electrons. The van der Waals surface area contributed by atoms with Crippen LogP contribution in [0.2, 0.25) is 0 Å². The van der Waals surface area contributed by atoms with Gasteiger partial charge in [0.25, 0.3) is 0 Å². The van der Waals surface area contributed by atoms with Gasteiger partial charge in [-0.25, -0.2) is 0 Å². The number of allylic oxidation sites excluding steroid dienone is 6. The molecule has 2 aliphatic rings. The summed E-state index contributed by atoms with van der Waals surface area (Å²) in [5.41, 5.74) is 12.2. The summed E-state index contributed by atoms with van der Waals surface area (Å²) >= 11 is 0. The minimum Gasteiger partial charge on any atom is -0.399 e. The molecule has 162 valence electrons. The van der Waals surface area contributed by atoms with Crippen molar-refractivity contribution in [1.29, 1.82) is 0 Å². The van der Waals surface area contributed by atoms with Crippen molar-refractivity contribution in [1.82, 2.24) is 0 Å². The monoisotopic (exact) mass is 415 g/mol. The lowest BCUT2D eigenvalue weighted by atomic mass is 9.91. The fraction of sp³-hybridized carbons (Fsp3) is 0.462. The first kappa shape index (κ1) is 22.5. The Hall–Kier alpha value is -2.23. The lowest BCUT2D eigenvalue weighted by Crippen LogP contribution is -2.09. The fourth-order valence-corrected chi connectivity index (χ4v) is 4.09. The molecule has 2 aliphatic carbocycles. The van der Waals surface area contributed by atoms with Gasteiger partial charge in [-0.2, -0.15) is 13.2 Å². The number of hydrogen-bond acceptors (Lipinski definition) is 1.